The largest absolute Gasteiger partial charge is 0.364 e. The van der Waals surface area contributed by atoms with E-state index in [9.17, 15) is 4.79 Å². The van der Waals surface area contributed by atoms with Gasteiger partial charge in [-0.05, 0) is 49.3 Å². The Kier molecular flexibility index (Phi) is 3.23. The van der Waals surface area contributed by atoms with Crippen molar-refractivity contribution >= 4 is 27.2 Å². The molecule has 4 nitrogen and oxygen atoms in total. The number of hydrogen-bond acceptors (Lipinski definition) is 4. The van der Waals surface area contributed by atoms with Crippen molar-refractivity contribution in [2.45, 2.75) is 38.6 Å². The van der Waals surface area contributed by atoms with Crippen molar-refractivity contribution in [3.63, 3.8) is 0 Å². The van der Waals surface area contributed by atoms with Crippen LogP contribution in [-0.2, 0) is 25.8 Å². The lowest BCUT2D eigenvalue weighted by Gasteiger charge is -2.30. The zero-order chi connectivity index (χ0) is 16.1. The summed E-state index contributed by atoms with van der Waals surface area (Å²) in [4.78, 5) is 25.1. The third-order valence-corrected chi connectivity index (χ3v) is 6.36. The first-order valence-corrected chi connectivity index (χ1v) is 9.47. The molecule has 0 unspecified atom stereocenters. The van der Waals surface area contributed by atoms with Gasteiger partial charge in [0.05, 0.1) is 11.9 Å². The number of benzene rings is 1. The minimum absolute atomic E-state index is 0.0414. The number of fused-ring (bicyclic) bond motifs is 4. The van der Waals surface area contributed by atoms with Crippen molar-refractivity contribution in [1.82, 2.24) is 9.97 Å². The Balaban J connectivity index is 1.54. The smallest absolute Gasteiger partial charge is 0.259 e. The highest BCUT2D eigenvalue weighted by molar-refractivity contribution is 7.18. The zero-order valence-corrected chi connectivity index (χ0v) is 14.3. The summed E-state index contributed by atoms with van der Waals surface area (Å²) in [6.45, 7) is 1.68. The molecule has 3 aromatic rings. The number of nitrogens with one attached hydrogen (secondary N) is 1. The summed E-state index contributed by atoms with van der Waals surface area (Å²) >= 11 is 1.71. The highest BCUT2D eigenvalue weighted by Gasteiger charge is 2.22. The van der Waals surface area contributed by atoms with Gasteiger partial charge in [0, 0.05) is 17.1 Å². The van der Waals surface area contributed by atoms with E-state index in [0.29, 0.717) is 6.54 Å². The lowest BCUT2D eigenvalue weighted by atomic mass is 10.0. The summed E-state index contributed by atoms with van der Waals surface area (Å²) in [7, 11) is 0. The van der Waals surface area contributed by atoms with E-state index in [4.69, 9.17) is 4.98 Å². The number of H-pyrrole nitrogens is 1. The van der Waals surface area contributed by atoms with Gasteiger partial charge in [0.1, 0.15) is 10.7 Å². The molecule has 5 rings (SSSR count). The maximum atomic E-state index is 12.6. The third kappa shape index (κ3) is 2.18. The zero-order valence-electron chi connectivity index (χ0n) is 13.5. The van der Waals surface area contributed by atoms with Crippen LogP contribution in [0.1, 0.15) is 34.7 Å². The van der Waals surface area contributed by atoms with E-state index in [2.05, 4.69) is 34.1 Å². The summed E-state index contributed by atoms with van der Waals surface area (Å²) in [5.41, 5.74) is 3.96. The molecule has 0 amide bonds. The molecule has 1 aromatic carbocycles. The molecular formula is C19H19N3OS. The summed E-state index contributed by atoms with van der Waals surface area (Å²) in [6, 6.07) is 8.55. The highest BCUT2D eigenvalue weighted by Crippen LogP contribution is 2.34. The minimum atomic E-state index is 0.0414. The maximum absolute atomic E-state index is 12.6. The predicted octanol–water partition coefficient (Wildman–Crippen LogP) is 3.43. The number of hydrogen-bond donors (Lipinski definition) is 1. The molecule has 1 aliphatic carbocycles. The molecule has 1 aliphatic heterocycles. The molecule has 24 heavy (non-hydrogen) atoms. The molecule has 0 atom stereocenters. The van der Waals surface area contributed by atoms with Crippen LogP contribution < -0.4 is 10.5 Å². The van der Waals surface area contributed by atoms with Gasteiger partial charge in [0.2, 0.25) is 0 Å². The van der Waals surface area contributed by atoms with Crippen molar-refractivity contribution in [2.24, 2.45) is 0 Å². The van der Waals surface area contributed by atoms with Gasteiger partial charge in [-0.2, -0.15) is 0 Å². The van der Waals surface area contributed by atoms with Crippen LogP contribution in [0.3, 0.4) is 0 Å². The Labute approximate surface area is 144 Å². The molecule has 0 radical (unpaired) electrons. The van der Waals surface area contributed by atoms with Crippen molar-refractivity contribution < 1.29 is 0 Å². The van der Waals surface area contributed by atoms with Crippen molar-refractivity contribution in [1.29, 1.82) is 0 Å². The first-order chi connectivity index (χ1) is 11.8. The van der Waals surface area contributed by atoms with E-state index in [1.165, 1.54) is 28.1 Å². The van der Waals surface area contributed by atoms with Gasteiger partial charge in [-0.3, -0.25) is 4.79 Å². The van der Waals surface area contributed by atoms with E-state index in [-0.39, 0.29) is 5.56 Å². The van der Waals surface area contributed by atoms with Crippen molar-refractivity contribution in [3.8, 4) is 0 Å². The second-order valence-electron chi connectivity index (χ2n) is 6.70. The molecule has 1 N–H and O–H groups in total. The predicted molar refractivity (Wildman–Crippen MR) is 98.1 cm³/mol. The third-order valence-electron chi connectivity index (χ3n) is 5.17. The number of aromatic amines is 1. The molecule has 5 heteroatoms. The second kappa shape index (κ2) is 5.45. The molecule has 3 heterocycles. The lowest BCUT2D eigenvalue weighted by Crippen LogP contribution is -2.30. The summed E-state index contributed by atoms with van der Waals surface area (Å²) in [5.74, 6) is 0.782. The number of anilines is 1. The number of nitrogens with zero attached hydrogens (tertiary/aromatic N) is 2. The Bertz CT molecular complexity index is 988. The van der Waals surface area contributed by atoms with Crippen LogP contribution in [0.4, 0.5) is 5.69 Å². The molecular weight excluding hydrogens is 318 g/mol. The average molecular weight is 337 g/mol. The fourth-order valence-corrected chi connectivity index (χ4v) is 5.36. The van der Waals surface area contributed by atoms with E-state index >= 15 is 0 Å². The van der Waals surface area contributed by atoms with E-state index in [1.54, 1.807) is 11.3 Å². The standard InChI is InChI=1S/C19H19N3OS/c23-18-17-13-7-3-9-15(13)24-19(17)21-16(20-18)11-22-10-4-6-12-5-1-2-8-14(12)22/h1-2,5,8H,3-4,6-7,9-11H2,(H,20,21,23). The van der Waals surface area contributed by atoms with E-state index < -0.39 is 0 Å². The van der Waals surface area contributed by atoms with Crippen LogP contribution in [0.2, 0.25) is 0 Å². The van der Waals surface area contributed by atoms with Gasteiger partial charge in [-0.25, -0.2) is 4.98 Å². The molecule has 0 saturated carbocycles. The molecule has 2 aromatic heterocycles. The second-order valence-corrected chi connectivity index (χ2v) is 7.79. The van der Waals surface area contributed by atoms with Gasteiger partial charge < -0.3 is 9.88 Å². The Morgan fingerprint density at radius 2 is 2.08 bits per heavy atom. The average Bonchev–Trinajstić information content (AvgIpc) is 3.15. The first kappa shape index (κ1) is 14.2. The Hall–Kier alpha value is -2.14. The number of aromatic nitrogens is 2. The molecule has 122 valence electrons. The number of aryl methyl sites for hydroxylation is 3. The Morgan fingerprint density at radius 3 is 3.04 bits per heavy atom. The van der Waals surface area contributed by atoms with Crippen LogP contribution in [0, 0.1) is 0 Å². The summed E-state index contributed by atoms with van der Waals surface area (Å²) in [5, 5.41) is 0.843. The maximum Gasteiger partial charge on any atom is 0.259 e. The van der Waals surface area contributed by atoms with E-state index in [1.807, 2.05) is 0 Å². The minimum Gasteiger partial charge on any atom is -0.364 e. The van der Waals surface area contributed by atoms with Crippen molar-refractivity contribution in [3.05, 3.63) is 56.4 Å². The van der Waals surface area contributed by atoms with Gasteiger partial charge >= 0.3 is 0 Å². The highest BCUT2D eigenvalue weighted by atomic mass is 32.1. The summed E-state index contributed by atoms with van der Waals surface area (Å²) < 4.78 is 0. The molecule has 0 saturated heterocycles. The van der Waals surface area contributed by atoms with Crippen LogP contribution in [-0.4, -0.2) is 16.5 Å². The normalized spacial score (nSPS) is 16.4. The topological polar surface area (TPSA) is 49.0 Å². The number of para-hydroxylation sites is 1. The number of thiophene rings is 1. The van der Waals surface area contributed by atoms with Crippen LogP contribution in [0.5, 0.6) is 0 Å². The fraction of sp³-hybridized carbons (Fsp3) is 0.368. The Morgan fingerprint density at radius 1 is 1.17 bits per heavy atom. The SMILES string of the molecule is O=c1[nH]c(CN2CCCc3ccccc32)nc2sc3c(c12)CCC3. The van der Waals surface area contributed by atoms with E-state index in [0.717, 1.165) is 48.3 Å². The summed E-state index contributed by atoms with van der Waals surface area (Å²) in [6.07, 6.45) is 5.58. The lowest BCUT2D eigenvalue weighted by molar-refractivity contribution is 0.674. The van der Waals surface area contributed by atoms with Crippen LogP contribution >= 0.6 is 11.3 Å². The van der Waals surface area contributed by atoms with Crippen molar-refractivity contribution in [2.75, 3.05) is 11.4 Å². The fourth-order valence-electron chi connectivity index (χ4n) is 4.08. The van der Waals surface area contributed by atoms with Crippen LogP contribution in [0.15, 0.2) is 29.1 Å². The van der Waals surface area contributed by atoms with Gasteiger partial charge in [0.15, 0.2) is 0 Å². The molecule has 0 fully saturated rings. The monoisotopic (exact) mass is 337 g/mol. The van der Waals surface area contributed by atoms with Gasteiger partial charge in [-0.15, -0.1) is 11.3 Å². The first-order valence-electron chi connectivity index (χ1n) is 8.66. The molecule has 0 spiro atoms. The van der Waals surface area contributed by atoms with Crippen LogP contribution in [0.25, 0.3) is 10.2 Å². The quantitative estimate of drug-likeness (QED) is 0.779. The van der Waals surface area contributed by atoms with Gasteiger partial charge in [-0.1, -0.05) is 18.2 Å². The van der Waals surface area contributed by atoms with Gasteiger partial charge in [0.25, 0.3) is 5.56 Å². The molecule has 2 aliphatic rings. The number of rotatable bonds is 2. The molecule has 0 bridgehead atoms.